The molecule has 38 heavy (non-hydrogen) atoms. The van der Waals surface area contributed by atoms with Crippen LogP contribution in [-0.4, -0.2) is 44.3 Å². The molecule has 7 nitrogen and oxygen atoms in total. The zero-order valence-corrected chi connectivity index (χ0v) is 23.9. The second kappa shape index (κ2) is 12.5. The predicted molar refractivity (Wildman–Crippen MR) is 152 cm³/mol. The minimum absolute atomic E-state index is 0.0788. The number of anilines is 1. The Kier molecular flexibility index (Phi) is 9.57. The van der Waals surface area contributed by atoms with Crippen LogP contribution in [0, 0.1) is 20.8 Å². The van der Waals surface area contributed by atoms with E-state index in [1.54, 1.807) is 62.4 Å². The molecular weight excluding hydrogens is 522 g/mol. The van der Waals surface area contributed by atoms with E-state index in [0.717, 1.165) is 26.6 Å². The van der Waals surface area contributed by atoms with Gasteiger partial charge < -0.3 is 10.2 Å². The molecule has 0 spiro atoms. The van der Waals surface area contributed by atoms with Gasteiger partial charge in [0.25, 0.3) is 10.0 Å². The van der Waals surface area contributed by atoms with Crippen LogP contribution >= 0.6 is 11.6 Å². The number of nitrogens with one attached hydrogen (secondary N) is 1. The van der Waals surface area contributed by atoms with Gasteiger partial charge in [-0.05, 0) is 87.7 Å². The fraction of sp³-hybridized carbons (Fsp3) is 0.310. The Morgan fingerprint density at radius 2 is 1.55 bits per heavy atom. The lowest BCUT2D eigenvalue weighted by atomic mass is 10.1. The zero-order valence-electron chi connectivity index (χ0n) is 22.4. The quantitative estimate of drug-likeness (QED) is 0.381. The van der Waals surface area contributed by atoms with Gasteiger partial charge in [-0.2, -0.15) is 0 Å². The third-order valence-electron chi connectivity index (χ3n) is 6.45. The monoisotopic (exact) mass is 555 g/mol. The summed E-state index contributed by atoms with van der Waals surface area (Å²) in [5.41, 5.74) is 3.95. The van der Waals surface area contributed by atoms with E-state index in [2.05, 4.69) is 5.32 Å². The minimum atomic E-state index is -4.10. The van der Waals surface area contributed by atoms with Crippen LogP contribution in [-0.2, 0) is 26.2 Å². The minimum Gasteiger partial charge on any atom is -0.355 e. The van der Waals surface area contributed by atoms with Gasteiger partial charge in [-0.1, -0.05) is 47.5 Å². The lowest BCUT2D eigenvalue weighted by Crippen LogP contribution is -2.51. The molecule has 0 aromatic heterocycles. The molecule has 202 valence electrons. The first-order valence-electron chi connectivity index (χ1n) is 12.4. The summed E-state index contributed by atoms with van der Waals surface area (Å²) in [6.07, 6.45) is 0. The number of benzene rings is 3. The molecule has 1 atom stereocenters. The summed E-state index contributed by atoms with van der Waals surface area (Å²) in [6.45, 7) is 9.17. The number of aryl methyl sites for hydroxylation is 3. The maximum Gasteiger partial charge on any atom is 0.264 e. The highest BCUT2D eigenvalue weighted by molar-refractivity contribution is 7.92. The molecule has 3 aromatic rings. The summed E-state index contributed by atoms with van der Waals surface area (Å²) in [5.74, 6) is -0.832. The van der Waals surface area contributed by atoms with Crippen molar-refractivity contribution in [3.05, 3.63) is 94.0 Å². The topological polar surface area (TPSA) is 86.8 Å². The van der Waals surface area contributed by atoms with Gasteiger partial charge in [0, 0.05) is 18.1 Å². The fourth-order valence-electron chi connectivity index (χ4n) is 3.94. The molecule has 1 unspecified atom stereocenters. The van der Waals surface area contributed by atoms with E-state index >= 15 is 0 Å². The maximum atomic E-state index is 13.9. The molecule has 0 saturated heterocycles. The number of nitrogens with zero attached hydrogens (tertiary/aromatic N) is 2. The van der Waals surface area contributed by atoms with Gasteiger partial charge in [0.2, 0.25) is 11.8 Å². The van der Waals surface area contributed by atoms with Crippen molar-refractivity contribution in [2.45, 2.75) is 52.1 Å². The Hall–Kier alpha value is -3.36. The third kappa shape index (κ3) is 6.94. The van der Waals surface area contributed by atoms with Crippen LogP contribution in [0.4, 0.5) is 5.69 Å². The van der Waals surface area contributed by atoms with Crippen molar-refractivity contribution < 1.29 is 18.0 Å². The molecule has 3 rings (SSSR count). The van der Waals surface area contributed by atoms with Gasteiger partial charge in [0.05, 0.1) is 10.6 Å². The molecule has 0 aliphatic heterocycles. The normalized spacial score (nSPS) is 12.1. The molecule has 0 aliphatic carbocycles. The lowest BCUT2D eigenvalue weighted by Gasteiger charge is -2.32. The van der Waals surface area contributed by atoms with Crippen LogP contribution in [0.3, 0.4) is 0 Å². The Morgan fingerprint density at radius 3 is 2.13 bits per heavy atom. The van der Waals surface area contributed by atoms with Crippen molar-refractivity contribution in [3.8, 4) is 0 Å². The Bertz CT molecular complexity index is 1390. The predicted octanol–water partition coefficient (Wildman–Crippen LogP) is 5.01. The van der Waals surface area contributed by atoms with Gasteiger partial charge in [-0.15, -0.1) is 0 Å². The molecule has 3 aromatic carbocycles. The van der Waals surface area contributed by atoms with E-state index in [4.69, 9.17) is 11.6 Å². The number of amides is 2. The number of sulfonamides is 1. The van der Waals surface area contributed by atoms with Crippen LogP contribution in [0.15, 0.2) is 71.6 Å². The highest BCUT2D eigenvalue weighted by Gasteiger charge is 2.32. The van der Waals surface area contributed by atoms with E-state index in [0.29, 0.717) is 17.3 Å². The summed E-state index contributed by atoms with van der Waals surface area (Å²) >= 11 is 6.03. The largest absolute Gasteiger partial charge is 0.355 e. The second-order valence-corrected chi connectivity index (χ2v) is 11.6. The molecule has 0 radical (unpaired) electrons. The highest BCUT2D eigenvalue weighted by atomic mass is 35.5. The average molecular weight is 556 g/mol. The van der Waals surface area contributed by atoms with E-state index in [9.17, 15) is 18.0 Å². The number of halogens is 1. The third-order valence-corrected chi connectivity index (χ3v) is 8.49. The fourth-order valence-corrected chi connectivity index (χ4v) is 5.47. The van der Waals surface area contributed by atoms with Crippen LogP contribution in [0.2, 0.25) is 5.02 Å². The van der Waals surface area contributed by atoms with E-state index in [-0.39, 0.29) is 17.3 Å². The standard InChI is InChI=1S/C29H34ClN3O4S/c1-6-31-29(35)23(5)32(18-24-10-12-25(30)13-11-24)28(34)19-33(26-14-9-21(3)22(4)17-26)38(36,37)27-15-7-20(2)8-16-27/h7-17,23H,6,18-19H2,1-5H3,(H,31,35). The summed E-state index contributed by atoms with van der Waals surface area (Å²) < 4.78 is 28.8. The molecule has 1 N–H and O–H groups in total. The van der Waals surface area contributed by atoms with Crippen molar-refractivity contribution in [1.82, 2.24) is 10.2 Å². The first-order valence-corrected chi connectivity index (χ1v) is 14.2. The van der Waals surface area contributed by atoms with Crippen molar-refractivity contribution in [1.29, 1.82) is 0 Å². The number of hydrogen-bond donors (Lipinski definition) is 1. The van der Waals surface area contributed by atoms with E-state index < -0.39 is 28.5 Å². The van der Waals surface area contributed by atoms with Crippen molar-refractivity contribution >= 4 is 39.1 Å². The number of carbonyl (C=O) groups excluding carboxylic acids is 2. The first-order chi connectivity index (χ1) is 17.9. The van der Waals surface area contributed by atoms with E-state index in [1.807, 2.05) is 26.8 Å². The second-order valence-electron chi connectivity index (χ2n) is 9.31. The smallest absolute Gasteiger partial charge is 0.264 e. The number of carbonyl (C=O) groups is 2. The van der Waals surface area contributed by atoms with Crippen molar-refractivity contribution in [2.75, 3.05) is 17.4 Å². The zero-order chi connectivity index (χ0) is 28.0. The van der Waals surface area contributed by atoms with Gasteiger partial charge in [-0.25, -0.2) is 8.42 Å². The van der Waals surface area contributed by atoms with Crippen LogP contribution in [0.5, 0.6) is 0 Å². The van der Waals surface area contributed by atoms with Crippen LogP contribution in [0.1, 0.15) is 36.1 Å². The van der Waals surface area contributed by atoms with Gasteiger partial charge in [0.1, 0.15) is 12.6 Å². The Balaban J connectivity index is 2.05. The Labute approximate surface area is 230 Å². The SMILES string of the molecule is CCNC(=O)C(C)N(Cc1ccc(Cl)cc1)C(=O)CN(c1ccc(C)c(C)c1)S(=O)(=O)c1ccc(C)cc1. The molecule has 0 fully saturated rings. The van der Waals surface area contributed by atoms with Crippen molar-refractivity contribution in [3.63, 3.8) is 0 Å². The maximum absolute atomic E-state index is 13.9. The first kappa shape index (κ1) is 29.2. The summed E-state index contributed by atoms with van der Waals surface area (Å²) in [5, 5.41) is 3.30. The number of hydrogen-bond acceptors (Lipinski definition) is 4. The molecule has 0 bridgehead atoms. The molecule has 0 heterocycles. The molecule has 0 saturated carbocycles. The number of likely N-dealkylation sites (N-methyl/N-ethyl adjacent to an activating group) is 1. The summed E-state index contributed by atoms with van der Waals surface area (Å²) in [7, 11) is -4.10. The van der Waals surface area contributed by atoms with Crippen LogP contribution < -0.4 is 9.62 Å². The van der Waals surface area contributed by atoms with E-state index in [1.165, 1.54) is 17.0 Å². The van der Waals surface area contributed by atoms with Crippen molar-refractivity contribution in [2.24, 2.45) is 0 Å². The van der Waals surface area contributed by atoms with Gasteiger partial charge >= 0.3 is 0 Å². The summed E-state index contributed by atoms with van der Waals surface area (Å²) in [4.78, 5) is 28.1. The average Bonchev–Trinajstić information content (AvgIpc) is 2.88. The molecule has 0 aliphatic rings. The molecule has 9 heteroatoms. The number of rotatable bonds is 10. The Morgan fingerprint density at radius 1 is 0.921 bits per heavy atom. The van der Waals surface area contributed by atoms with Gasteiger partial charge in [0.15, 0.2) is 0 Å². The molecule has 2 amide bonds. The molecular formula is C29H34ClN3O4S. The highest BCUT2D eigenvalue weighted by Crippen LogP contribution is 2.27. The van der Waals surface area contributed by atoms with Crippen LogP contribution in [0.25, 0.3) is 0 Å². The lowest BCUT2D eigenvalue weighted by molar-refractivity contribution is -0.139. The summed E-state index contributed by atoms with van der Waals surface area (Å²) in [6, 6.07) is 17.9. The van der Waals surface area contributed by atoms with Gasteiger partial charge in [-0.3, -0.25) is 13.9 Å².